The van der Waals surface area contributed by atoms with Gasteiger partial charge in [-0.2, -0.15) is 13.2 Å². The van der Waals surface area contributed by atoms with Crippen LogP contribution in [0.1, 0.15) is 44.3 Å². The van der Waals surface area contributed by atoms with Crippen molar-refractivity contribution in [1.82, 2.24) is 10.6 Å². The van der Waals surface area contributed by atoms with Gasteiger partial charge in [0.25, 0.3) is 0 Å². The lowest BCUT2D eigenvalue weighted by atomic mass is 9.85. The van der Waals surface area contributed by atoms with E-state index in [4.69, 9.17) is 4.74 Å². The predicted octanol–water partition coefficient (Wildman–Crippen LogP) is 4.19. The first-order valence-corrected chi connectivity index (χ1v) is 9.23. The van der Waals surface area contributed by atoms with Gasteiger partial charge in [0.1, 0.15) is 11.9 Å². The van der Waals surface area contributed by atoms with E-state index in [2.05, 4.69) is 15.6 Å². The van der Waals surface area contributed by atoms with Crippen LogP contribution in [0.5, 0.6) is 0 Å². The van der Waals surface area contributed by atoms with Crippen LogP contribution in [0.2, 0.25) is 0 Å². The van der Waals surface area contributed by atoms with Crippen LogP contribution in [0.15, 0.2) is 29.3 Å². The number of alkyl halides is 3. The maximum atomic E-state index is 13.1. The molecule has 1 saturated carbocycles. The quantitative estimate of drug-likeness (QED) is 0.436. The van der Waals surface area contributed by atoms with Crippen LogP contribution in [0.4, 0.5) is 17.6 Å². The van der Waals surface area contributed by atoms with Crippen LogP contribution in [0.25, 0.3) is 0 Å². The van der Waals surface area contributed by atoms with Crippen molar-refractivity contribution in [2.75, 3.05) is 20.2 Å². The fourth-order valence-electron chi connectivity index (χ4n) is 3.30. The molecule has 1 aromatic carbocycles. The van der Waals surface area contributed by atoms with Crippen molar-refractivity contribution in [3.05, 3.63) is 35.6 Å². The Kier molecular flexibility index (Phi) is 7.89. The van der Waals surface area contributed by atoms with Crippen LogP contribution in [0.3, 0.4) is 0 Å². The molecule has 2 rings (SSSR count). The standard InChI is InChI=1S/C19H27F4N3O/c1-3-24-18(26-16-6-4-5-14(11-16)19(21,22)23)25-12-17(27-2)13-7-9-15(20)10-8-13/h7-10,14,16-17H,3-6,11-12H2,1-2H3,(H2,24,25,26). The number of ether oxygens (including phenoxy) is 1. The molecular formula is C19H27F4N3O. The second-order valence-electron chi connectivity index (χ2n) is 6.74. The molecule has 0 aromatic heterocycles. The molecule has 1 aliphatic rings. The van der Waals surface area contributed by atoms with Gasteiger partial charge in [-0.05, 0) is 43.9 Å². The summed E-state index contributed by atoms with van der Waals surface area (Å²) in [5.41, 5.74) is 0.785. The third kappa shape index (κ3) is 6.68. The van der Waals surface area contributed by atoms with Crippen molar-refractivity contribution in [1.29, 1.82) is 0 Å². The normalized spacial score (nSPS) is 22.4. The van der Waals surface area contributed by atoms with Crippen LogP contribution >= 0.6 is 0 Å². The summed E-state index contributed by atoms with van der Waals surface area (Å²) in [5.74, 6) is -1.13. The molecule has 2 N–H and O–H groups in total. The first kappa shape index (κ1) is 21.5. The van der Waals surface area contributed by atoms with E-state index >= 15 is 0 Å². The van der Waals surface area contributed by atoms with Gasteiger partial charge in [0.05, 0.1) is 12.5 Å². The summed E-state index contributed by atoms with van der Waals surface area (Å²) in [5, 5.41) is 6.19. The van der Waals surface area contributed by atoms with E-state index in [-0.39, 0.29) is 37.3 Å². The molecule has 27 heavy (non-hydrogen) atoms. The van der Waals surface area contributed by atoms with Gasteiger partial charge in [0, 0.05) is 19.7 Å². The molecule has 4 nitrogen and oxygen atoms in total. The first-order valence-electron chi connectivity index (χ1n) is 9.23. The highest BCUT2D eigenvalue weighted by Crippen LogP contribution is 2.37. The Morgan fingerprint density at radius 1 is 1.26 bits per heavy atom. The van der Waals surface area contributed by atoms with Gasteiger partial charge in [0.2, 0.25) is 0 Å². The minimum atomic E-state index is -4.15. The van der Waals surface area contributed by atoms with E-state index in [1.54, 1.807) is 19.2 Å². The third-order valence-electron chi connectivity index (χ3n) is 4.76. The Bertz CT molecular complexity index is 604. The fourth-order valence-corrected chi connectivity index (χ4v) is 3.30. The molecule has 0 radical (unpaired) electrons. The summed E-state index contributed by atoms with van der Waals surface area (Å²) >= 11 is 0. The van der Waals surface area contributed by atoms with Gasteiger partial charge in [-0.3, -0.25) is 4.99 Å². The van der Waals surface area contributed by atoms with Crippen molar-refractivity contribution in [2.45, 2.75) is 50.9 Å². The summed E-state index contributed by atoms with van der Waals surface area (Å²) in [7, 11) is 1.54. The molecule has 1 aliphatic carbocycles. The third-order valence-corrected chi connectivity index (χ3v) is 4.76. The van der Waals surface area contributed by atoms with Crippen molar-refractivity contribution in [3.8, 4) is 0 Å². The maximum Gasteiger partial charge on any atom is 0.391 e. The van der Waals surface area contributed by atoms with Gasteiger partial charge in [-0.1, -0.05) is 18.6 Å². The number of hydrogen-bond acceptors (Lipinski definition) is 2. The Hall–Kier alpha value is -1.83. The molecule has 1 aromatic rings. The Morgan fingerprint density at radius 3 is 2.56 bits per heavy atom. The summed E-state index contributed by atoms with van der Waals surface area (Å²) in [4.78, 5) is 4.46. The second kappa shape index (κ2) is 9.92. The van der Waals surface area contributed by atoms with Gasteiger partial charge in [0.15, 0.2) is 5.96 Å². The number of aliphatic imine (C=N–C) groups is 1. The minimum Gasteiger partial charge on any atom is -0.375 e. The highest BCUT2D eigenvalue weighted by Gasteiger charge is 2.42. The lowest BCUT2D eigenvalue weighted by Crippen LogP contribution is -2.47. The number of nitrogens with zero attached hydrogens (tertiary/aromatic N) is 1. The fraction of sp³-hybridized carbons (Fsp3) is 0.632. The topological polar surface area (TPSA) is 45.7 Å². The average Bonchev–Trinajstić information content (AvgIpc) is 2.63. The van der Waals surface area contributed by atoms with E-state index < -0.39 is 12.1 Å². The molecule has 3 unspecified atom stereocenters. The summed E-state index contributed by atoms with van der Waals surface area (Å²) in [6, 6.07) is 5.71. The summed E-state index contributed by atoms with van der Waals surface area (Å²) in [6.07, 6.45) is -3.05. The zero-order valence-electron chi connectivity index (χ0n) is 15.7. The summed E-state index contributed by atoms with van der Waals surface area (Å²) in [6.45, 7) is 2.76. The van der Waals surface area contributed by atoms with Gasteiger partial charge >= 0.3 is 6.18 Å². The van der Waals surface area contributed by atoms with E-state index in [0.29, 0.717) is 25.3 Å². The molecule has 0 spiro atoms. The van der Waals surface area contributed by atoms with Crippen molar-refractivity contribution in [3.63, 3.8) is 0 Å². The SMILES string of the molecule is CCNC(=NCC(OC)c1ccc(F)cc1)NC1CCCC(C(F)(F)F)C1. The van der Waals surface area contributed by atoms with E-state index in [1.165, 1.54) is 12.1 Å². The van der Waals surface area contributed by atoms with Crippen molar-refractivity contribution < 1.29 is 22.3 Å². The number of benzene rings is 1. The molecule has 1 fully saturated rings. The molecule has 152 valence electrons. The molecule has 8 heteroatoms. The Labute approximate surface area is 157 Å². The number of halogens is 4. The molecular weight excluding hydrogens is 362 g/mol. The molecule has 0 aliphatic heterocycles. The van der Waals surface area contributed by atoms with E-state index in [9.17, 15) is 17.6 Å². The van der Waals surface area contributed by atoms with Gasteiger partial charge < -0.3 is 15.4 Å². The van der Waals surface area contributed by atoms with Crippen LogP contribution < -0.4 is 10.6 Å². The zero-order chi connectivity index (χ0) is 19.9. The van der Waals surface area contributed by atoms with E-state index in [1.807, 2.05) is 6.92 Å². The second-order valence-corrected chi connectivity index (χ2v) is 6.74. The summed E-state index contributed by atoms with van der Waals surface area (Å²) < 4.78 is 57.5. The lowest BCUT2D eigenvalue weighted by molar-refractivity contribution is -0.183. The molecule has 0 amide bonds. The molecule has 0 saturated heterocycles. The van der Waals surface area contributed by atoms with Crippen LogP contribution in [0, 0.1) is 11.7 Å². The van der Waals surface area contributed by atoms with Crippen molar-refractivity contribution in [2.24, 2.45) is 10.9 Å². The molecule has 0 heterocycles. The minimum absolute atomic E-state index is 0.0551. The number of hydrogen-bond donors (Lipinski definition) is 2. The highest BCUT2D eigenvalue weighted by molar-refractivity contribution is 5.80. The first-order chi connectivity index (χ1) is 12.8. The molecule has 3 atom stereocenters. The number of guanidine groups is 1. The smallest absolute Gasteiger partial charge is 0.375 e. The predicted molar refractivity (Wildman–Crippen MR) is 97.1 cm³/mol. The molecule has 0 bridgehead atoms. The van der Waals surface area contributed by atoms with Gasteiger partial charge in [-0.15, -0.1) is 0 Å². The monoisotopic (exact) mass is 389 g/mol. The highest BCUT2D eigenvalue weighted by atomic mass is 19.4. The number of nitrogens with one attached hydrogen (secondary N) is 2. The Balaban J connectivity index is 2.01. The average molecular weight is 389 g/mol. The number of methoxy groups -OCH3 is 1. The lowest BCUT2D eigenvalue weighted by Gasteiger charge is -2.32. The largest absolute Gasteiger partial charge is 0.391 e. The number of rotatable bonds is 6. The maximum absolute atomic E-state index is 13.1. The van der Waals surface area contributed by atoms with E-state index in [0.717, 1.165) is 5.56 Å². The zero-order valence-corrected chi connectivity index (χ0v) is 15.7. The van der Waals surface area contributed by atoms with Crippen LogP contribution in [-0.2, 0) is 4.74 Å². The van der Waals surface area contributed by atoms with Crippen molar-refractivity contribution >= 4 is 5.96 Å². The van der Waals surface area contributed by atoms with Crippen LogP contribution in [-0.4, -0.2) is 38.4 Å². The Morgan fingerprint density at radius 2 is 1.96 bits per heavy atom. The van der Waals surface area contributed by atoms with Gasteiger partial charge in [-0.25, -0.2) is 4.39 Å².